The Kier molecular flexibility index (Phi) is 4.26. The van der Waals surface area contributed by atoms with Crippen LogP contribution in [0.2, 0.25) is 0 Å². The van der Waals surface area contributed by atoms with Crippen LogP contribution < -0.4 is 15.8 Å². The minimum Gasteiger partial charge on any atom is -0.497 e. The van der Waals surface area contributed by atoms with Crippen molar-refractivity contribution >= 4 is 44.4 Å². The molecule has 2 amide bonds. The molecule has 3 rings (SSSR count). The molecule has 0 saturated heterocycles. The van der Waals surface area contributed by atoms with Crippen LogP contribution in [0.4, 0.5) is 5.69 Å². The van der Waals surface area contributed by atoms with Crippen molar-refractivity contribution in [2.24, 2.45) is 5.73 Å². The largest absolute Gasteiger partial charge is 0.497 e. The summed E-state index contributed by atoms with van der Waals surface area (Å²) in [6.07, 6.45) is 0. The summed E-state index contributed by atoms with van der Waals surface area (Å²) in [6, 6.07) is 11.9. The van der Waals surface area contributed by atoms with Crippen LogP contribution >= 0.6 is 15.9 Å². The molecule has 0 radical (unpaired) electrons. The van der Waals surface area contributed by atoms with E-state index in [1.165, 1.54) is 7.11 Å². The number of nitrogens with one attached hydrogen (secondary N) is 1. The Morgan fingerprint density at radius 1 is 1.21 bits per heavy atom. The van der Waals surface area contributed by atoms with Gasteiger partial charge in [-0.2, -0.15) is 0 Å². The zero-order valence-electron chi connectivity index (χ0n) is 12.6. The average Bonchev–Trinajstić information content (AvgIpc) is 2.93. The molecule has 1 heterocycles. The van der Waals surface area contributed by atoms with E-state index in [2.05, 4.69) is 21.2 Å². The third-order valence-corrected chi connectivity index (χ3v) is 3.92. The van der Waals surface area contributed by atoms with Crippen LogP contribution in [-0.4, -0.2) is 18.9 Å². The van der Waals surface area contributed by atoms with Crippen molar-refractivity contribution in [3.63, 3.8) is 0 Å². The highest BCUT2D eigenvalue weighted by Gasteiger charge is 2.24. The first-order valence-electron chi connectivity index (χ1n) is 6.97. The first-order chi connectivity index (χ1) is 11.5. The minimum atomic E-state index is -0.734. The minimum absolute atomic E-state index is 0.0479. The Morgan fingerprint density at radius 3 is 2.71 bits per heavy atom. The van der Waals surface area contributed by atoms with E-state index in [0.29, 0.717) is 22.4 Å². The quantitative estimate of drug-likeness (QED) is 0.714. The summed E-state index contributed by atoms with van der Waals surface area (Å²) < 4.78 is 11.4. The predicted octanol–water partition coefficient (Wildman–Crippen LogP) is 3.56. The number of carbonyl (C=O) groups excluding carboxylic acids is 2. The standard InChI is InChI=1S/C17H13BrN2O4/c1-23-11-4-2-3-10(8-11)20-17(22)15-14(16(19)21)12-7-9(18)5-6-13(12)24-15/h2-8H,1H3,(H2,19,21)(H,20,22). The normalized spacial score (nSPS) is 10.6. The molecule has 0 saturated carbocycles. The van der Waals surface area contributed by atoms with Crippen LogP contribution in [0.5, 0.6) is 5.75 Å². The number of ether oxygens (including phenoxy) is 1. The summed E-state index contributed by atoms with van der Waals surface area (Å²) in [4.78, 5) is 24.3. The average molecular weight is 389 g/mol. The summed E-state index contributed by atoms with van der Waals surface area (Å²) in [6.45, 7) is 0. The van der Waals surface area contributed by atoms with Crippen molar-refractivity contribution < 1.29 is 18.7 Å². The number of methoxy groups -OCH3 is 1. The molecule has 0 fully saturated rings. The topological polar surface area (TPSA) is 94.6 Å². The summed E-state index contributed by atoms with van der Waals surface area (Å²) in [5.74, 6) is -0.832. The molecule has 1 aromatic heterocycles. The monoisotopic (exact) mass is 388 g/mol. The molecule has 2 aromatic carbocycles. The van der Waals surface area contributed by atoms with Crippen LogP contribution in [0.3, 0.4) is 0 Å². The molecule has 3 N–H and O–H groups in total. The van der Waals surface area contributed by atoms with Gasteiger partial charge in [-0.05, 0) is 30.3 Å². The fourth-order valence-electron chi connectivity index (χ4n) is 2.36. The number of primary amides is 1. The number of rotatable bonds is 4. The van der Waals surface area contributed by atoms with Gasteiger partial charge in [0.1, 0.15) is 11.3 Å². The van der Waals surface area contributed by atoms with Gasteiger partial charge in [-0.15, -0.1) is 0 Å². The van der Waals surface area contributed by atoms with Gasteiger partial charge < -0.3 is 20.2 Å². The number of furan rings is 1. The molecule has 0 bridgehead atoms. The molecule has 3 aromatic rings. The number of nitrogens with two attached hydrogens (primary N) is 1. The van der Waals surface area contributed by atoms with E-state index in [1.54, 1.807) is 42.5 Å². The number of halogens is 1. The van der Waals surface area contributed by atoms with Crippen LogP contribution in [0.1, 0.15) is 20.9 Å². The second-order valence-electron chi connectivity index (χ2n) is 5.00. The number of hydrogen-bond acceptors (Lipinski definition) is 4. The number of carbonyl (C=O) groups is 2. The molecule has 7 heteroatoms. The maximum absolute atomic E-state index is 12.5. The van der Waals surface area contributed by atoms with E-state index in [9.17, 15) is 9.59 Å². The van der Waals surface area contributed by atoms with E-state index < -0.39 is 11.8 Å². The number of hydrogen-bond donors (Lipinski definition) is 2. The Bertz CT molecular complexity index is 949. The van der Waals surface area contributed by atoms with Gasteiger partial charge in [-0.1, -0.05) is 22.0 Å². The summed E-state index contributed by atoms with van der Waals surface area (Å²) >= 11 is 3.32. The van der Waals surface area contributed by atoms with Gasteiger partial charge in [-0.3, -0.25) is 9.59 Å². The van der Waals surface area contributed by atoms with Crippen molar-refractivity contribution in [2.75, 3.05) is 12.4 Å². The molecule has 0 spiro atoms. The number of fused-ring (bicyclic) bond motifs is 1. The van der Waals surface area contributed by atoms with E-state index in [0.717, 1.165) is 4.47 Å². The van der Waals surface area contributed by atoms with Crippen LogP contribution in [-0.2, 0) is 0 Å². The Labute approximate surface area is 145 Å². The third kappa shape index (κ3) is 2.98. The highest BCUT2D eigenvalue weighted by Crippen LogP contribution is 2.29. The highest BCUT2D eigenvalue weighted by atomic mass is 79.9. The molecule has 0 aliphatic carbocycles. The lowest BCUT2D eigenvalue weighted by molar-refractivity contribution is 0.0963. The van der Waals surface area contributed by atoms with E-state index in [4.69, 9.17) is 14.9 Å². The van der Waals surface area contributed by atoms with Crippen molar-refractivity contribution in [2.45, 2.75) is 0 Å². The van der Waals surface area contributed by atoms with Gasteiger partial charge in [-0.25, -0.2) is 0 Å². The lowest BCUT2D eigenvalue weighted by Crippen LogP contribution is -2.18. The van der Waals surface area contributed by atoms with Crippen LogP contribution in [0, 0.1) is 0 Å². The number of anilines is 1. The maximum Gasteiger partial charge on any atom is 0.292 e. The Morgan fingerprint density at radius 2 is 2.00 bits per heavy atom. The number of amides is 2. The second-order valence-corrected chi connectivity index (χ2v) is 5.91. The summed E-state index contributed by atoms with van der Waals surface area (Å²) in [5.41, 5.74) is 6.40. The maximum atomic E-state index is 12.5. The van der Waals surface area contributed by atoms with Crippen molar-refractivity contribution in [1.82, 2.24) is 0 Å². The van der Waals surface area contributed by atoms with E-state index >= 15 is 0 Å². The SMILES string of the molecule is COc1cccc(NC(=O)c2oc3ccc(Br)cc3c2C(N)=O)c1. The molecule has 6 nitrogen and oxygen atoms in total. The van der Waals surface area contributed by atoms with Crippen molar-refractivity contribution in [3.8, 4) is 5.75 Å². The van der Waals surface area contributed by atoms with Crippen molar-refractivity contribution in [3.05, 3.63) is 58.3 Å². The molecule has 122 valence electrons. The zero-order chi connectivity index (χ0) is 17.3. The molecule has 0 aliphatic rings. The van der Waals surface area contributed by atoms with E-state index in [1.807, 2.05) is 0 Å². The van der Waals surface area contributed by atoms with Gasteiger partial charge in [0.2, 0.25) is 5.76 Å². The van der Waals surface area contributed by atoms with Gasteiger partial charge in [0.15, 0.2) is 0 Å². The fraction of sp³-hybridized carbons (Fsp3) is 0.0588. The van der Waals surface area contributed by atoms with Gasteiger partial charge >= 0.3 is 0 Å². The Hall–Kier alpha value is -2.80. The third-order valence-electron chi connectivity index (χ3n) is 3.43. The highest BCUT2D eigenvalue weighted by molar-refractivity contribution is 9.10. The Balaban J connectivity index is 2.03. The predicted molar refractivity (Wildman–Crippen MR) is 93.4 cm³/mol. The lowest BCUT2D eigenvalue weighted by atomic mass is 10.1. The zero-order valence-corrected chi connectivity index (χ0v) is 14.2. The molecule has 0 aliphatic heterocycles. The summed E-state index contributed by atoms with van der Waals surface area (Å²) in [7, 11) is 1.53. The van der Waals surface area contributed by atoms with Gasteiger partial charge in [0.25, 0.3) is 11.8 Å². The molecule has 0 unspecified atom stereocenters. The first-order valence-corrected chi connectivity index (χ1v) is 7.76. The number of benzene rings is 2. The fourth-order valence-corrected chi connectivity index (χ4v) is 2.72. The van der Waals surface area contributed by atoms with Gasteiger partial charge in [0.05, 0.1) is 12.7 Å². The van der Waals surface area contributed by atoms with Crippen LogP contribution in [0.15, 0.2) is 51.4 Å². The van der Waals surface area contributed by atoms with Crippen LogP contribution in [0.25, 0.3) is 11.0 Å². The lowest BCUT2D eigenvalue weighted by Gasteiger charge is -2.06. The molecular weight excluding hydrogens is 376 g/mol. The second kappa shape index (κ2) is 6.37. The van der Waals surface area contributed by atoms with Crippen molar-refractivity contribution in [1.29, 1.82) is 0 Å². The summed E-state index contributed by atoms with van der Waals surface area (Å²) in [5, 5.41) is 3.15. The molecular formula is C17H13BrN2O4. The van der Waals surface area contributed by atoms with Gasteiger partial charge in [0, 0.05) is 21.6 Å². The molecule has 24 heavy (non-hydrogen) atoms. The smallest absolute Gasteiger partial charge is 0.292 e. The first kappa shape index (κ1) is 16.1. The van der Waals surface area contributed by atoms with E-state index in [-0.39, 0.29) is 11.3 Å². The molecule has 0 atom stereocenters.